The number of benzene rings is 1. The van der Waals surface area contributed by atoms with Gasteiger partial charge in [0.2, 0.25) is 0 Å². The van der Waals surface area contributed by atoms with E-state index in [0.717, 1.165) is 48.6 Å². The molecule has 1 fully saturated rings. The predicted octanol–water partition coefficient (Wildman–Crippen LogP) is 4.94. The number of nitrogens with zero attached hydrogens (tertiary/aromatic N) is 1. The van der Waals surface area contributed by atoms with Crippen LogP contribution in [0.4, 0.5) is 5.69 Å². The summed E-state index contributed by atoms with van der Waals surface area (Å²) < 4.78 is 12.1. The summed E-state index contributed by atoms with van der Waals surface area (Å²) in [6.45, 7) is 6.19. The minimum atomic E-state index is -0.481. The van der Waals surface area contributed by atoms with E-state index in [1.807, 2.05) is 25.1 Å². The van der Waals surface area contributed by atoms with Crippen LogP contribution in [0.3, 0.4) is 0 Å². The summed E-state index contributed by atoms with van der Waals surface area (Å²) in [6, 6.07) is 5.59. The van der Waals surface area contributed by atoms with E-state index in [9.17, 15) is 4.79 Å². The number of fused-ring (bicyclic) bond motifs is 1. The van der Waals surface area contributed by atoms with Gasteiger partial charge in [0.25, 0.3) is 11.7 Å². The van der Waals surface area contributed by atoms with Crippen molar-refractivity contribution in [1.29, 1.82) is 0 Å². The van der Waals surface area contributed by atoms with Crippen LogP contribution in [0, 0.1) is 12.8 Å². The largest absolute Gasteiger partial charge is 0.448 e. The number of hydrogen-bond donors (Lipinski definition) is 1. The van der Waals surface area contributed by atoms with E-state index >= 15 is 0 Å². The molecule has 1 N–H and O–H groups in total. The number of rotatable bonds is 4. The van der Waals surface area contributed by atoms with Gasteiger partial charge in [-0.15, -0.1) is 11.3 Å². The molecule has 138 valence electrons. The van der Waals surface area contributed by atoms with Crippen molar-refractivity contribution in [2.45, 2.75) is 58.7 Å². The Morgan fingerprint density at radius 1 is 1.27 bits per heavy atom. The molecule has 0 unspecified atom stereocenters. The Morgan fingerprint density at radius 3 is 2.73 bits per heavy atom. The molecule has 4 rings (SSSR count). The summed E-state index contributed by atoms with van der Waals surface area (Å²) >= 11 is 1.48. The van der Waals surface area contributed by atoms with Crippen LogP contribution in [-0.4, -0.2) is 16.7 Å². The molecule has 26 heavy (non-hydrogen) atoms. The van der Waals surface area contributed by atoms with E-state index in [1.54, 1.807) is 0 Å². The summed E-state index contributed by atoms with van der Waals surface area (Å²) in [5.74, 6) is 1.40. The number of hydrogen-bond acceptors (Lipinski definition) is 5. The van der Waals surface area contributed by atoms with Crippen LogP contribution in [0.5, 0.6) is 11.5 Å². The standard InChI is InChI=1S/C20H24N2O3S/c1-12(2)10-17-21-13(3)18(26-17)19(23)22-14-6-7-15-16(11-14)25-20(24-15)8-4-5-9-20/h6-7,11-12H,4-5,8-10H2,1-3H3,(H,22,23). The maximum atomic E-state index is 12.7. The molecule has 2 aromatic rings. The molecule has 1 saturated carbocycles. The molecule has 2 heterocycles. The molecule has 5 nitrogen and oxygen atoms in total. The molecular weight excluding hydrogens is 348 g/mol. The Hall–Kier alpha value is -2.08. The molecular formula is C20H24N2O3S. The Labute approximate surface area is 157 Å². The Kier molecular flexibility index (Phi) is 4.39. The van der Waals surface area contributed by atoms with Crippen LogP contribution in [0.25, 0.3) is 0 Å². The van der Waals surface area contributed by atoms with Gasteiger partial charge < -0.3 is 14.8 Å². The molecule has 2 aliphatic rings. The number of anilines is 1. The smallest absolute Gasteiger partial charge is 0.267 e. The van der Waals surface area contributed by atoms with Crippen molar-refractivity contribution in [3.8, 4) is 11.5 Å². The first kappa shape index (κ1) is 17.3. The van der Waals surface area contributed by atoms with Gasteiger partial charge in [-0.05, 0) is 37.8 Å². The monoisotopic (exact) mass is 372 g/mol. The molecule has 0 bridgehead atoms. The molecule has 0 atom stereocenters. The van der Waals surface area contributed by atoms with Crippen molar-refractivity contribution >= 4 is 22.9 Å². The molecule has 0 radical (unpaired) electrons. The number of nitrogens with one attached hydrogen (secondary N) is 1. The number of aromatic nitrogens is 1. The number of ether oxygens (including phenoxy) is 2. The lowest BCUT2D eigenvalue weighted by Gasteiger charge is -2.21. The highest BCUT2D eigenvalue weighted by molar-refractivity contribution is 7.13. The summed E-state index contributed by atoms with van der Waals surface area (Å²) in [6.07, 6.45) is 4.98. The van der Waals surface area contributed by atoms with Crippen LogP contribution in [0.1, 0.15) is 59.9 Å². The van der Waals surface area contributed by atoms with Crippen molar-refractivity contribution in [3.63, 3.8) is 0 Å². The van der Waals surface area contributed by atoms with E-state index in [2.05, 4.69) is 24.1 Å². The predicted molar refractivity (Wildman–Crippen MR) is 102 cm³/mol. The van der Waals surface area contributed by atoms with Crippen molar-refractivity contribution in [1.82, 2.24) is 4.98 Å². The third kappa shape index (κ3) is 3.30. The molecule has 1 amide bonds. The van der Waals surface area contributed by atoms with Gasteiger partial charge in [-0.25, -0.2) is 4.98 Å². The van der Waals surface area contributed by atoms with E-state index < -0.39 is 5.79 Å². The zero-order chi connectivity index (χ0) is 18.3. The molecule has 1 spiro atoms. The lowest BCUT2D eigenvalue weighted by molar-refractivity contribution is -0.0716. The molecule has 1 aromatic carbocycles. The first-order valence-electron chi connectivity index (χ1n) is 9.24. The highest BCUT2D eigenvalue weighted by Gasteiger charge is 2.44. The maximum Gasteiger partial charge on any atom is 0.267 e. The van der Waals surface area contributed by atoms with Crippen LogP contribution in [0.2, 0.25) is 0 Å². The van der Waals surface area contributed by atoms with Crippen molar-refractivity contribution < 1.29 is 14.3 Å². The molecule has 0 saturated heterocycles. The Morgan fingerprint density at radius 2 is 2.00 bits per heavy atom. The number of carbonyl (C=O) groups is 1. The van der Waals surface area contributed by atoms with Gasteiger partial charge >= 0.3 is 0 Å². The molecule has 1 aliphatic heterocycles. The third-order valence-electron chi connectivity index (χ3n) is 4.79. The van der Waals surface area contributed by atoms with E-state index in [-0.39, 0.29) is 5.91 Å². The first-order valence-corrected chi connectivity index (χ1v) is 10.1. The van der Waals surface area contributed by atoms with Gasteiger partial charge in [0.15, 0.2) is 11.5 Å². The fraction of sp³-hybridized carbons (Fsp3) is 0.500. The van der Waals surface area contributed by atoms with Crippen LogP contribution >= 0.6 is 11.3 Å². The second-order valence-electron chi connectivity index (χ2n) is 7.56. The normalized spacial score (nSPS) is 17.2. The van der Waals surface area contributed by atoms with Crippen molar-refractivity contribution in [2.75, 3.05) is 5.32 Å². The maximum absolute atomic E-state index is 12.7. The summed E-state index contributed by atoms with van der Waals surface area (Å²) in [4.78, 5) is 17.9. The third-order valence-corrected chi connectivity index (χ3v) is 5.97. The molecule has 6 heteroatoms. The topological polar surface area (TPSA) is 60.5 Å². The zero-order valence-corrected chi connectivity index (χ0v) is 16.2. The lowest BCUT2D eigenvalue weighted by Crippen LogP contribution is -2.34. The second kappa shape index (κ2) is 6.58. The Bertz CT molecular complexity index is 838. The summed E-state index contributed by atoms with van der Waals surface area (Å²) in [5, 5.41) is 3.98. The van der Waals surface area contributed by atoms with Gasteiger partial charge in [-0.1, -0.05) is 13.8 Å². The van der Waals surface area contributed by atoms with Crippen LogP contribution in [0.15, 0.2) is 18.2 Å². The van der Waals surface area contributed by atoms with E-state index in [0.29, 0.717) is 22.2 Å². The van der Waals surface area contributed by atoms with Gasteiger partial charge in [0, 0.05) is 31.0 Å². The number of aryl methyl sites for hydroxylation is 1. The van der Waals surface area contributed by atoms with Gasteiger partial charge in [0.05, 0.1) is 10.7 Å². The number of amides is 1. The van der Waals surface area contributed by atoms with Gasteiger partial charge in [0.1, 0.15) is 4.88 Å². The molecule has 1 aromatic heterocycles. The summed E-state index contributed by atoms with van der Waals surface area (Å²) in [7, 11) is 0. The van der Waals surface area contributed by atoms with Crippen LogP contribution in [-0.2, 0) is 6.42 Å². The average molecular weight is 372 g/mol. The average Bonchev–Trinajstić information content (AvgIpc) is 3.26. The van der Waals surface area contributed by atoms with E-state index in [4.69, 9.17) is 9.47 Å². The minimum Gasteiger partial charge on any atom is -0.448 e. The number of thiazole rings is 1. The minimum absolute atomic E-state index is 0.121. The zero-order valence-electron chi connectivity index (χ0n) is 15.4. The highest BCUT2D eigenvalue weighted by Crippen LogP contribution is 2.47. The Balaban J connectivity index is 1.49. The SMILES string of the molecule is Cc1nc(CC(C)C)sc1C(=O)Nc1ccc2c(c1)OC1(CCCC1)O2. The first-order chi connectivity index (χ1) is 12.4. The quantitative estimate of drug-likeness (QED) is 0.825. The molecule has 1 aliphatic carbocycles. The highest BCUT2D eigenvalue weighted by atomic mass is 32.1. The fourth-order valence-corrected chi connectivity index (χ4v) is 4.75. The van der Waals surface area contributed by atoms with E-state index in [1.165, 1.54) is 11.3 Å². The summed E-state index contributed by atoms with van der Waals surface area (Å²) in [5.41, 5.74) is 1.50. The lowest BCUT2D eigenvalue weighted by atomic mass is 10.1. The van der Waals surface area contributed by atoms with Crippen molar-refractivity contribution in [3.05, 3.63) is 33.8 Å². The second-order valence-corrected chi connectivity index (χ2v) is 8.64. The van der Waals surface area contributed by atoms with Gasteiger partial charge in [-0.3, -0.25) is 4.79 Å². The fourth-order valence-electron chi connectivity index (χ4n) is 3.58. The van der Waals surface area contributed by atoms with Gasteiger partial charge in [-0.2, -0.15) is 0 Å². The van der Waals surface area contributed by atoms with Crippen LogP contribution < -0.4 is 14.8 Å². The van der Waals surface area contributed by atoms with Crippen molar-refractivity contribution in [2.24, 2.45) is 5.92 Å². The number of carbonyl (C=O) groups excluding carboxylic acids is 1.